The Labute approximate surface area is 149 Å². The smallest absolute Gasteiger partial charge is 0.306 e. The molecular weight excluding hydrogens is 296 g/mol. The molecule has 0 aromatic carbocycles. The number of allylic oxidation sites excluding steroid dienone is 6. The van der Waals surface area contributed by atoms with Gasteiger partial charge >= 0.3 is 5.97 Å². The molecule has 0 rings (SSSR count). The van der Waals surface area contributed by atoms with Crippen molar-refractivity contribution < 1.29 is 9.53 Å². The van der Waals surface area contributed by atoms with Gasteiger partial charge in [-0.3, -0.25) is 4.79 Å². The molecular formula is C22H36O2. The molecule has 0 saturated heterocycles. The molecule has 0 spiro atoms. The normalized spacial score (nSPS) is 13.0. The topological polar surface area (TPSA) is 26.3 Å². The van der Waals surface area contributed by atoms with Crippen molar-refractivity contribution in [3.8, 4) is 0 Å². The van der Waals surface area contributed by atoms with E-state index in [1.807, 2.05) is 19.1 Å². The van der Waals surface area contributed by atoms with Crippen LogP contribution in [0.25, 0.3) is 0 Å². The fourth-order valence-electron chi connectivity index (χ4n) is 2.28. The molecule has 0 aromatic rings. The van der Waals surface area contributed by atoms with Crippen molar-refractivity contribution in [3.05, 3.63) is 47.6 Å². The molecule has 0 aliphatic carbocycles. The molecule has 0 unspecified atom stereocenters. The summed E-state index contributed by atoms with van der Waals surface area (Å²) in [6.45, 7) is 14.8. The van der Waals surface area contributed by atoms with Gasteiger partial charge < -0.3 is 4.74 Å². The van der Waals surface area contributed by atoms with Crippen molar-refractivity contribution in [2.24, 2.45) is 5.92 Å². The lowest BCUT2D eigenvalue weighted by Crippen LogP contribution is -2.10. The minimum Gasteiger partial charge on any atom is -0.465 e. The molecule has 0 amide bonds. The van der Waals surface area contributed by atoms with Gasteiger partial charge in [0.15, 0.2) is 0 Å². The van der Waals surface area contributed by atoms with Gasteiger partial charge in [-0.05, 0) is 65.7 Å². The summed E-state index contributed by atoms with van der Waals surface area (Å²) in [5.41, 5.74) is 3.83. The van der Waals surface area contributed by atoms with E-state index in [0.29, 0.717) is 18.9 Å². The molecule has 1 atom stereocenters. The van der Waals surface area contributed by atoms with Gasteiger partial charge in [-0.1, -0.05) is 54.5 Å². The largest absolute Gasteiger partial charge is 0.465 e. The third-order valence-electron chi connectivity index (χ3n) is 3.71. The second-order valence-electron chi connectivity index (χ2n) is 7.02. The van der Waals surface area contributed by atoms with Crippen molar-refractivity contribution in [2.75, 3.05) is 6.61 Å². The molecule has 136 valence electrons. The molecule has 0 saturated carbocycles. The van der Waals surface area contributed by atoms with Crippen LogP contribution in [0.15, 0.2) is 47.6 Å². The standard InChI is InChI=1S/C22H36O2/c1-18(2)11-7-8-16-24-22(23)17-21(6)15-10-14-20(5)13-9-12-19(3)4/h7,11-12,14,21H,1,8-10,13,15-17H2,2-6H3/b11-7+,20-14+/t21-/m0/s1. The van der Waals surface area contributed by atoms with Crippen LogP contribution in [0.4, 0.5) is 0 Å². The first kappa shape index (κ1) is 22.4. The third-order valence-corrected chi connectivity index (χ3v) is 3.71. The zero-order valence-electron chi connectivity index (χ0n) is 16.4. The molecule has 0 aliphatic rings. The summed E-state index contributed by atoms with van der Waals surface area (Å²) in [5, 5.41) is 0. The lowest BCUT2D eigenvalue weighted by atomic mass is 10.00. The summed E-state index contributed by atoms with van der Waals surface area (Å²) in [6, 6.07) is 0. The first-order chi connectivity index (χ1) is 11.3. The highest BCUT2D eigenvalue weighted by Gasteiger charge is 2.09. The van der Waals surface area contributed by atoms with E-state index in [9.17, 15) is 4.79 Å². The van der Waals surface area contributed by atoms with E-state index in [4.69, 9.17) is 4.74 Å². The summed E-state index contributed by atoms with van der Waals surface area (Å²) in [5.74, 6) is 0.278. The second kappa shape index (κ2) is 13.8. The Balaban J connectivity index is 3.84. The molecule has 0 heterocycles. The van der Waals surface area contributed by atoms with Gasteiger partial charge in [-0.25, -0.2) is 0 Å². The molecule has 0 aromatic heterocycles. The Morgan fingerprint density at radius 3 is 2.42 bits per heavy atom. The Kier molecular flexibility index (Phi) is 12.9. The zero-order chi connectivity index (χ0) is 18.4. The van der Waals surface area contributed by atoms with Crippen LogP contribution in [-0.4, -0.2) is 12.6 Å². The van der Waals surface area contributed by atoms with E-state index in [2.05, 4.69) is 46.4 Å². The Morgan fingerprint density at radius 2 is 1.79 bits per heavy atom. The molecule has 0 bridgehead atoms. The number of ether oxygens (including phenoxy) is 1. The summed E-state index contributed by atoms with van der Waals surface area (Å²) in [7, 11) is 0. The van der Waals surface area contributed by atoms with Gasteiger partial charge in [0, 0.05) is 6.42 Å². The van der Waals surface area contributed by atoms with Crippen LogP contribution >= 0.6 is 0 Å². The second-order valence-corrected chi connectivity index (χ2v) is 7.02. The number of rotatable bonds is 12. The number of hydrogen-bond acceptors (Lipinski definition) is 2. The molecule has 24 heavy (non-hydrogen) atoms. The fourth-order valence-corrected chi connectivity index (χ4v) is 2.28. The summed E-state index contributed by atoms with van der Waals surface area (Å²) in [6.07, 6.45) is 14.1. The van der Waals surface area contributed by atoms with Gasteiger partial charge in [0.1, 0.15) is 0 Å². The number of hydrogen-bond donors (Lipinski definition) is 0. The van der Waals surface area contributed by atoms with Gasteiger partial charge in [-0.2, -0.15) is 0 Å². The highest BCUT2D eigenvalue weighted by molar-refractivity contribution is 5.69. The van der Waals surface area contributed by atoms with E-state index >= 15 is 0 Å². The van der Waals surface area contributed by atoms with Crippen molar-refractivity contribution in [1.82, 2.24) is 0 Å². The van der Waals surface area contributed by atoms with E-state index in [0.717, 1.165) is 37.7 Å². The van der Waals surface area contributed by atoms with Gasteiger partial charge in [-0.15, -0.1) is 0 Å². The first-order valence-electron chi connectivity index (χ1n) is 9.08. The summed E-state index contributed by atoms with van der Waals surface area (Å²) in [4.78, 5) is 11.8. The van der Waals surface area contributed by atoms with Crippen LogP contribution in [0.5, 0.6) is 0 Å². The fraction of sp³-hybridized carbons (Fsp3) is 0.591. The number of esters is 1. The molecule has 2 nitrogen and oxygen atoms in total. The first-order valence-corrected chi connectivity index (χ1v) is 9.08. The van der Waals surface area contributed by atoms with Gasteiger partial charge in [0.2, 0.25) is 0 Å². The maximum absolute atomic E-state index is 11.8. The van der Waals surface area contributed by atoms with Gasteiger partial charge in [0.25, 0.3) is 0 Å². The maximum Gasteiger partial charge on any atom is 0.306 e. The van der Waals surface area contributed by atoms with Gasteiger partial charge in [0.05, 0.1) is 6.61 Å². The van der Waals surface area contributed by atoms with E-state index in [1.54, 1.807) is 0 Å². The third kappa shape index (κ3) is 15.3. The quantitative estimate of drug-likeness (QED) is 0.175. The molecule has 0 N–H and O–H groups in total. The van der Waals surface area contributed by atoms with Crippen molar-refractivity contribution >= 4 is 5.97 Å². The highest BCUT2D eigenvalue weighted by atomic mass is 16.5. The van der Waals surface area contributed by atoms with Crippen LogP contribution in [-0.2, 0) is 9.53 Å². The maximum atomic E-state index is 11.8. The summed E-state index contributed by atoms with van der Waals surface area (Å²) >= 11 is 0. The zero-order valence-corrected chi connectivity index (χ0v) is 16.4. The Hall–Kier alpha value is -1.57. The molecule has 0 fully saturated rings. The van der Waals surface area contributed by atoms with Crippen LogP contribution in [0, 0.1) is 5.92 Å². The minimum absolute atomic E-state index is 0.0875. The molecule has 2 heteroatoms. The molecule has 0 aliphatic heterocycles. The monoisotopic (exact) mass is 332 g/mol. The van der Waals surface area contributed by atoms with Crippen LogP contribution in [0.3, 0.4) is 0 Å². The number of carbonyl (C=O) groups excluding carboxylic acids is 1. The van der Waals surface area contributed by atoms with E-state index in [-0.39, 0.29) is 5.97 Å². The Bertz CT molecular complexity index is 462. The lowest BCUT2D eigenvalue weighted by molar-refractivity contribution is -0.144. The highest BCUT2D eigenvalue weighted by Crippen LogP contribution is 2.14. The average Bonchev–Trinajstić information content (AvgIpc) is 2.46. The van der Waals surface area contributed by atoms with Crippen LogP contribution in [0.2, 0.25) is 0 Å². The summed E-state index contributed by atoms with van der Waals surface area (Å²) < 4.78 is 5.26. The van der Waals surface area contributed by atoms with Crippen molar-refractivity contribution in [1.29, 1.82) is 0 Å². The van der Waals surface area contributed by atoms with Crippen LogP contribution in [0.1, 0.15) is 73.1 Å². The molecule has 0 radical (unpaired) electrons. The predicted octanol–water partition coefficient (Wildman–Crippen LogP) is 6.55. The SMILES string of the molecule is C=C(C)/C=C/CCOC(=O)C[C@@H](C)CC/C=C(\C)CCC=C(C)C. The van der Waals surface area contributed by atoms with E-state index < -0.39 is 0 Å². The number of carbonyl (C=O) groups is 1. The van der Waals surface area contributed by atoms with Crippen LogP contribution < -0.4 is 0 Å². The average molecular weight is 333 g/mol. The van der Waals surface area contributed by atoms with E-state index in [1.165, 1.54) is 11.1 Å². The van der Waals surface area contributed by atoms with Crippen molar-refractivity contribution in [3.63, 3.8) is 0 Å². The Morgan fingerprint density at radius 1 is 1.08 bits per heavy atom. The lowest BCUT2D eigenvalue weighted by Gasteiger charge is -2.10. The predicted molar refractivity (Wildman–Crippen MR) is 105 cm³/mol. The van der Waals surface area contributed by atoms with Crippen molar-refractivity contribution in [2.45, 2.75) is 73.1 Å². The minimum atomic E-state index is -0.0875.